The van der Waals surface area contributed by atoms with E-state index in [-0.39, 0.29) is 5.92 Å². The zero-order valence-corrected chi connectivity index (χ0v) is 11.3. The van der Waals surface area contributed by atoms with E-state index in [1.807, 2.05) is 16.7 Å². The number of aromatic nitrogens is 3. The lowest BCUT2D eigenvalue weighted by molar-refractivity contribution is 0.744. The Balaban J connectivity index is 2.68. The fourth-order valence-electron chi connectivity index (χ4n) is 1.85. The highest BCUT2D eigenvalue weighted by atomic mass is 35.5. The Labute approximate surface area is 106 Å². The van der Waals surface area contributed by atoms with E-state index in [1.54, 1.807) is 0 Å². The molecule has 0 unspecified atom stereocenters. The third kappa shape index (κ3) is 2.07. The van der Waals surface area contributed by atoms with Crippen molar-refractivity contribution in [2.45, 2.75) is 33.6 Å². The maximum Gasteiger partial charge on any atom is 0.229 e. The second kappa shape index (κ2) is 4.49. The van der Waals surface area contributed by atoms with Crippen molar-refractivity contribution in [3.8, 4) is 5.69 Å². The molecule has 0 fully saturated rings. The van der Waals surface area contributed by atoms with Gasteiger partial charge in [0.25, 0.3) is 0 Å². The van der Waals surface area contributed by atoms with Gasteiger partial charge in [0.2, 0.25) is 5.28 Å². The molecule has 90 valence electrons. The molecule has 3 nitrogen and oxygen atoms in total. The second-order valence-electron chi connectivity index (χ2n) is 4.54. The molecule has 0 aliphatic carbocycles. The van der Waals surface area contributed by atoms with Crippen LogP contribution in [-0.2, 0) is 0 Å². The predicted octanol–water partition coefficient (Wildman–Crippen LogP) is 3.66. The molecule has 0 aliphatic rings. The van der Waals surface area contributed by atoms with E-state index in [2.05, 4.69) is 44.0 Å². The first-order valence-corrected chi connectivity index (χ1v) is 6.07. The van der Waals surface area contributed by atoms with E-state index < -0.39 is 0 Å². The Bertz CT molecular complexity index is 544. The van der Waals surface area contributed by atoms with Crippen molar-refractivity contribution in [2.75, 3.05) is 0 Å². The number of halogens is 1. The van der Waals surface area contributed by atoms with E-state index in [0.717, 1.165) is 11.5 Å². The van der Waals surface area contributed by atoms with Gasteiger partial charge in [0.15, 0.2) is 0 Å². The second-order valence-corrected chi connectivity index (χ2v) is 4.87. The lowest BCUT2D eigenvalue weighted by Gasteiger charge is -2.13. The summed E-state index contributed by atoms with van der Waals surface area (Å²) in [4.78, 5) is 0. The Hall–Kier alpha value is -1.35. The molecule has 1 aromatic heterocycles. The van der Waals surface area contributed by atoms with Crippen molar-refractivity contribution in [1.29, 1.82) is 0 Å². The molecule has 17 heavy (non-hydrogen) atoms. The number of benzene rings is 1. The van der Waals surface area contributed by atoms with Crippen LogP contribution in [0.1, 0.15) is 36.7 Å². The summed E-state index contributed by atoms with van der Waals surface area (Å²) in [5, 5.41) is 8.53. The van der Waals surface area contributed by atoms with Crippen LogP contribution in [0.5, 0.6) is 0 Å². The van der Waals surface area contributed by atoms with E-state index in [4.69, 9.17) is 11.6 Å². The molecular weight excluding hydrogens is 234 g/mol. The number of nitrogens with zero attached hydrogens (tertiary/aromatic N) is 3. The van der Waals surface area contributed by atoms with Gasteiger partial charge in [0.05, 0.1) is 5.69 Å². The summed E-state index contributed by atoms with van der Waals surface area (Å²) in [5.74, 6) is 1.18. The number of hydrogen-bond donors (Lipinski definition) is 0. The summed E-state index contributed by atoms with van der Waals surface area (Å²) in [7, 11) is 0. The Morgan fingerprint density at radius 1 is 1.18 bits per heavy atom. The van der Waals surface area contributed by atoms with Crippen LogP contribution in [0.4, 0.5) is 0 Å². The van der Waals surface area contributed by atoms with Crippen molar-refractivity contribution in [2.24, 2.45) is 0 Å². The first-order chi connectivity index (χ1) is 8.02. The number of rotatable bonds is 2. The van der Waals surface area contributed by atoms with Gasteiger partial charge in [-0.1, -0.05) is 26.0 Å². The summed E-state index contributed by atoms with van der Waals surface area (Å²) in [6, 6.07) is 6.16. The molecule has 0 atom stereocenters. The summed E-state index contributed by atoms with van der Waals surface area (Å²) >= 11 is 6.14. The zero-order chi connectivity index (χ0) is 12.6. The third-order valence-electron chi connectivity index (χ3n) is 2.98. The van der Waals surface area contributed by atoms with E-state index in [0.29, 0.717) is 5.28 Å². The molecule has 1 heterocycles. The van der Waals surface area contributed by atoms with Gasteiger partial charge in [-0.3, -0.25) is 4.57 Å². The van der Waals surface area contributed by atoms with Crippen LogP contribution in [-0.4, -0.2) is 14.8 Å². The van der Waals surface area contributed by atoms with Gasteiger partial charge < -0.3 is 0 Å². The summed E-state index contributed by atoms with van der Waals surface area (Å²) < 4.78 is 1.93. The lowest BCUT2D eigenvalue weighted by atomic mass is 10.1. The van der Waals surface area contributed by atoms with Gasteiger partial charge in [-0.25, -0.2) is 0 Å². The molecule has 0 saturated heterocycles. The van der Waals surface area contributed by atoms with Crippen molar-refractivity contribution in [3.63, 3.8) is 0 Å². The molecule has 0 radical (unpaired) electrons. The molecule has 4 heteroatoms. The SMILES string of the molecule is Cc1cccc(-n2c(Cl)nnc2C(C)C)c1C. The highest BCUT2D eigenvalue weighted by molar-refractivity contribution is 6.28. The maximum atomic E-state index is 6.14. The monoisotopic (exact) mass is 249 g/mol. The Morgan fingerprint density at radius 2 is 1.88 bits per heavy atom. The van der Waals surface area contributed by atoms with Gasteiger partial charge in [0, 0.05) is 5.92 Å². The normalized spacial score (nSPS) is 11.2. The smallest absolute Gasteiger partial charge is 0.229 e. The average molecular weight is 250 g/mol. The van der Waals surface area contributed by atoms with Crippen LogP contribution < -0.4 is 0 Å². The molecule has 1 aromatic carbocycles. The van der Waals surface area contributed by atoms with Crippen molar-refractivity contribution in [3.05, 3.63) is 40.4 Å². The first-order valence-electron chi connectivity index (χ1n) is 5.69. The van der Waals surface area contributed by atoms with Gasteiger partial charge in [-0.2, -0.15) is 0 Å². The van der Waals surface area contributed by atoms with Gasteiger partial charge in [-0.05, 0) is 42.6 Å². The minimum absolute atomic E-state index is 0.287. The van der Waals surface area contributed by atoms with Crippen molar-refractivity contribution >= 4 is 11.6 Å². The van der Waals surface area contributed by atoms with Crippen LogP contribution in [0, 0.1) is 13.8 Å². The fraction of sp³-hybridized carbons (Fsp3) is 0.385. The van der Waals surface area contributed by atoms with E-state index in [1.165, 1.54) is 11.1 Å². The van der Waals surface area contributed by atoms with Gasteiger partial charge in [-0.15, -0.1) is 10.2 Å². The molecule has 0 amide bonds. The minimum atomic E-state index is 0.287. The minimum Gasteiger partial charge on any atom is -0.269 e. The maximum absolute atomic E-state index is 6.14. The standard InChI is InChI=1S/C13H16ClN3/c1-8(2)12-15-16-13(14)17(12)11-7-5-6-9(3)10(11)4/h5-8H,1-4H3. The molecule has 2 aromatic rings. The summed E-state index contributed by atoms with van der Waals surface area (Å²) in [5.41, 5.74) is 3.50. The lowest BCUT2D eigenvalue weighted by Crippen LogP contribution is -2.05. The molecule has 0 saturated carbocycles. The van der Waals surface area contributed by atoms with Crippen LogP contribution in [0.15, 0.2) is 18.2 Å². The highest BCUT2D eigenvalue weighted by Gasteiger charge is 2.16. The topological polar surface area (TPSA) is 30.7 Å². The van der Waals surface area contributed by atoms with Crippen LogP contribution in [0.2, 0.25) is 5.28 Å². The van der Waals surface area contributed by atoms with E-state index in [9.17, 15) is 0 Å². The first kappa shape index (κ1) is 12.1. The number of hydrogen-bond acceptors (Lipinski definition) is 2. The van der Waals surface area contributed by atoms with E-state index >= 15 is 0 Å². The van der Waals surface area contributed by atoms with Crippen LogP contribution in [0.3, 0.4) is 0 Å². The predicted molar refractivity (Wildman–Crippen MR) is 69.9 cm³/mol. The van der Waals surface area contributed by atoms with Gasteiger partial charge in [0.1, 0.15) is 5.82 Å². The van der Waals surface area contributed by atoms with Crippen molar-refractivity contribution in [1.82, 2.24) is 14.8 Å². The third-order valence-corrected chi connectivity index (χ3v) is 3.23. The molecule has 0 aliphatic heterocycles. The molecular formula is C13H16ClN3. The van der Waals surface area contributed by atoms with Crippen LogP contribution in [0.25, 0.3) is 5.69 Å². The molecule has 2 rings (SSSR count). The Morgan fingerprint density at radius 3 is 2.53 bits per heavy atom. The Kier molecular flexibility index (Phi) is 3.20. The van der Waals surface area contributed by atoms with Crippen molar-refractivity contribution < 1.29 is 0 Å². The summed E-state index contributed by atoms with van der Waals surface area (Å²) in [6.45, 7) is 8.35. The largest absolute Gasteiger partial charge is 0.269 e. The average Bonchev–Trinajstić information content (AvgIpc) is 2.65. The molecule has 0 spiro atoms. The zero-order valence-electron chi connectivity index (χ0n) is 10.5. The highest BCUT2D eigenvalue weighted by Crippen LogP contribution is 2.25. The summed E-state index contributed by atoms with van der Waals surface area (Å²) in [6.07, 6.45) is 0. The quantitative estimate of drug-likeness (QED) is 0.813. The number of aryl methyl sites for hydroxylation is 1. The van der Waals surface area contributed by atoms with Crippen LogP contribution >= 0.6 is 11.6 Å². The van der Waals surface area contributed by atoms with Gasteiger partial charge >= 0.3 is 0 Å². The fourth-order valence-corrected chi connectivity index (χ4v) is 2.07. The molecule has 0 bridgehead atoms. The molecule has 0 N–H and O–H groups in total.